The summed E-state index contributed by atoms with van der Waals surface area (Å²) in [5.74, 6) is 1.26. The molecule has 2 N–H and O–H groups in total. The highest BCUT2D eigenvalue weighted by molar-refractivity contribution is 5.99. The van der Waals surface area contributed by atoms with Crippen LogP contribution in [0.5, 0.6) is 5.75 Å². The van der Waals surface area contributed by atoms with Gasteiger partial charge in [-0.1, -0.05) is 18.1 Å². The molecule has 0 spiro atoms. The maximum atomic E-state index is 12.2. The monoisotopic (exact) mass is 344 g/mol. The Bertz CT molecular complexity index is 816. The molecule has 0 aliphatic carbocycles. The molecule has 7 heteroatoms. The highest BCUT2D eigenvalue weighted by Gasteiger charge is 2.11. The molecule has 5 nitrogen and oxygen atoms in total. The average Bonchev–Trinajstić information content (AvgIpc) is 2.59. The van der Waals surface area contributed by atoms with Crippen molar-refractivity contribution in [1.82, 2.24) is 5.32 Å². The first-order valence-corrected chi connectivity index (χ1v) is 7.17. The van der Waals surface area contributed by atoms with Crippen molar-refractivity contribution in [2.24, 2.45) is 0 Å². The zero-order valence-electron chi connectivity index (χ0n) is 13.0. The van der Waals surface area contributed by atoms with Crippen molar-refractivity contribution in [2.45, 2.75) is 6.61 Å². The fourth-order valence-electron chi connectivity index (χ4n) is 1.97. The quantitative estimate of drug-likeness (QED) is 0.792. The van der Waals surface area contributed by atoms with Crippen LogP contribution in [0.3, 0.4) is 0 Å². The molecule has 0 unspecified atom stereocenters. The first-order chi connectivity index (χ1) is 12.0. The van der Waals surface area contributed by atoms with Gasteiger partial charge in [0.15, 0.2) is 0 Å². The highest BCUT2D eigenvalue weighted by Crippen LogP contribution is 2.16. The largest absolute Gasteiger partial charge is 0.435 e. The smallest absolute Gasteiger partial charge is 0.387 e. The van der Waals surface area contributed by atoms with Gasteiger partial charge in [-0.05, 0) is 36.4 Å². The van der Waals surface area contributed by atoms with Crippen LogP contribution in [0.25, 0.3) is 0 Å². The minimum absolute atomic E-state index is 0.0975. The van der Waals surface area contributed by atoms with Gasteiger partial charge in [0.1, 0.15) is 5.75 Å². The Morgan fingerprint density at radius 3 is 2.64 bits per heavy atom. The molecule has 0 heterocycles. The molecular formula is C18H14F2N2O3. The summed E-state index contributed by atoms with van der Waals surface area (Å²) in [5, 5.41) is 4.98. The fraction of sp³-hybridized carbons (Fsp3) is 0.111. The number of alkyl halides is 2. The van der Waals surface area contributed by atoms with E-state index in [4.69, 9.17) is 6.42 Å². The van der Waals surface area contributed by atoms with Gasteiger partial charge in [0.25, 0.3) is 5.91 Å². The van der Waals surface area contributed by atoms with E-state index in [9.17, 15) is 18.4 Å². The van der Waals surface area contributed by atoms with E-state index < -0.39 is 18.4 Å². The van der Waals surface area contributed by atoms with Crippen LogP contribution in [0.1, 0.15) is 15.9 Å². The van der Waals surface area contributed by atoms with Gasteiger partial charge in [0, 0.05) is 16.8 Å². The molecular weight excluding hydrogens is 330 g/mol. The molecule has 128 valence electrons. The number of benzene rings is 2. The van der Waals surface area contributed by atoms with E-state index in [2.05, 4.69) is 21.3 Å². The molecule has 0 aliphatic heterocycles. The Balaban J connectivity index is 1.91. The standard InChI is InChI=1S/C18H14F2N2O3/c1-2-12-5-3-7-14(9-12)22-16(23)11-21-17(24)13-6-4-8-15(10-13)25-18(19)20/h1,3-10,18H,11H2,(H,21,24)(H,22,23). The number of halogens is 2. The Labute approximate surface area is 143 Å². The van der Waals surface area contributed by atoms with Crippen LogP contribution in [0, 0.1) is 12.3 Å². The summed E-state index contributed by atoms with van der Waals surface area (Å²) in [6.45, 7) is -3.28. The van der Waals surface area contributed by atoms with Crippen molar-refractivity contribution in [3.05, 3.63) is 59.7 Å². The predicted molar refractivity (Wildman–Crippen MR) is 88.4 cm³/mol. The minimum Gasteiger partial charge on any atom is -0.435 e. The number of anilines is 1. The molecule has 0 saturated heterocycles. The summed E-state index contributed by atoms with van der Waals surface area (Å²) < 4.78 is 28.6. The van der Waals surface area contributed by atoms with Crippen molar-refractivity contribution in [2.75, 3.05) is 11.9 Å². The number of carbonyl (C=O) groups excluding carboxylic acids is 2. The summed E-state index contributed by atoms with van der Waals surface area (Å²) in [5.41, 5.74) is 1.21. The lowest BCUT2D eigenvalue weighted by Crippen LogP contribution is -2.32. The fourth-order valence-corrected chi connectivity index (χ4v) is 1.97. The van der Waals surface area contributed by atoms with Gasteiger partial charge in [0.2, 0.25) is 5.91 Å². The van der Waals surface area contributed by atoms with E-state index in [1.165, 1.54) is 18.2 Å². The van der Waals surface area contributed by atoms with Crippen molar-refractivity contribution in [3.8, 4) is 18.1 Å². The van der Waals surface area contributed by atoms with E-state index in [1.807, 2.05) is 0 Å². The Morgan fingerprint density at radius 2 is 1.92 bits per heavy atom. The third-order valence-electron chi connectivity index (χ3n) is 3.04. The molecule has 2 aromatic rings. The summed E-state index contributed by atoms with van der Waals surface area (Å²) in [7, 11) is 0. The zero-order valence-corrected chi connectivity index (χ0v) is 13.0. The van der Waals surface area contributed by atoms with Crippen LogP contribution in [0.2, 0.25) is 0 Å². The molecule has 0 aromatic heterocycles. The summed E-state index contributed by atoms with van der Waals surface area (Å²) in [6.07, 6.45) is 5.28. The molecule has 0 bridgehead atoms. The number of amides is 2. The number of hydrogen-bond acceptors (Lipinski definition) is 3. The number of ether oxygens (including phenoxy) is 1. The van der Waals surface area contributed by atoms with Crippen molar-refractivity contribution in [3.63, 3.8) is 0 Å². The van der Waals surface area contributed by atoms with Gasteiger partial charge in [-0.3, -0.25) is 9.59 Å². The van der Waals surface area contributed by atoms with E-state index in [0.717, 1.165) is 6.07 Å². The number of rotatable bonds is 6. The first kappa shape index (κ1) is 17.9. The minimum atomic E-state index is -2.98. The summed E-state index contributed by atoms with van der Waals surface area (Å²) in [4.78, 5) is 23.8. The number of hydrogen-bond donors (Lipinski definition) is 2. The summed E-state index contributed by atoms with van der Waals surface area (Å²) >= 11 is 0. The van der Waals surface area contributed by atoms with E-state index in [1.54, 1.807) is 24.3 Å². The Kier molecular flexibility index (Phi) is 6.07. The van der Waals surface area contributed by atoms with Crippen LogP contribution in [0.4, 0.5) is 14.5 Å². The molecule has 25 heavy (non-hydrogen) atoms. The zero-order chi connectivity index (χ0) is 18.2. The molecule has 0 saturated carbocycles. The second kappa shape index (κ2) is 8.45. The SMILES string of the molecule is C#Cc1cccc(NC(=O)CNC(=O)c2cccc(OC(F)F)c2)c1. The maximum Gasteiger partial charge on any atom is 0.387 e. The molecule has 2 rings (SSSR count). The Morgan fingerprint density at radius 1 is 1.16 bits per heavy atom. The predicted octanol–water partition coefficient (Wildman–Crippen LogP) is 2.64. The van der Waals surface area contributed by atoms with E-state index >= 15 is 0 Å². The summed E-state index contributed by atoms with van der Waals surface area (Å²) in [6, 6.07) is 12.0. The van der Waals surface area contributed by atoms with Crippen LogP contribution in [-0.2, 0) is 4.79 Å². The van der Waals surface area contributed by atoms with Crippen LogP contribution < -0.4 is 15.4 Å². The van der Waals surface area contributed by atoms with Gasteiger partial charge in [-0.25, -0.2) is 0 Å². The lowest BCUT2D eigenvalue weighted by molar-refractivity contribution is -0.115. The van der Waals surface area contributed by atoms with Crippen molar-refractivity contribution < 1.29 is 23.1 Å². The second-order valence-corrected chi connectivity index (χ2v) is 4.86. The van der Waals surface area contributed by atoms with Crippen LogP contribution in [0.15, 0.2) is 48.5 Å². The van der Waals surface area contributed by atoms with Gasteiger partial charge < -0.3 is 15.4 Å². The van der Waals surface area contributed by atoms with Crippen LogP contribution >= 0.6 is 0 Å². The van der Waals surface area contributed by atoms with Gasteiger partial charge >= 0.3 is 6.61 Å². The molecule has 0 aliphatic rings. The second-order valence-electron chi connectivity index (χ2n) is 4.86. The molecule has 0 radical (unpaired) electrons. The third-order valence-corrected chi connectivity index (χ3v) is 3.04. The molecule has 2 amide bonds. The van der Waals surface area contributed by atoms with Gasteiger partial charge in [-0.15, -0.1) is 6.42 Å². The highest BCUT2D eigenvalue weighted by atomic mass is 19.3. The molecule has 0 atom stereocenters. The number of carbonyl (C=O) groups is 2. The maximum absolute atomic E-state index is 12.2. The van der Waals surface area contributed by atoms with Crippen LogP contribution in [-0.4, -0.2) is 25.0 Å². The van der Waals surface area contributed by atoms with Crippen molar-refractivity contribution >= 4 is 17.5 Å². The number of terminal acetylenes is 1. The lowest BCUT2D eigenvalue weighted by Gasteiger charge is -2.09. The van der Waals surface area contributed by atoms with E-state index in [-0.39, 0.29) is 17.9 Å². The first-order valence-electron chi connectivity index (χ1n) is 7.17. The van der Waals surface area contributed by atoms with Gasteiger partial charge in [0.05, 0.1) is 6.54 Å². The average molecular weight is 344 g/mol. The van der Waals surface area contributed by atoms with E-state index in [0.29, 0.717) is 11.3 Å². The van der Waals surface area contributed by atoms with Gasteiger partial charge in [-0.2, -0.15) is 8.78 Å². The third kappa shape index (κ3) is 5.62. The normalized spacial score (nSPS) is 10.0. The lowest BCUT2D eigenvalue weighted by atomic mass is 10.2. The molecule has 2 aromatic carbocycles. The Hall–Kier alpha value is -3.40. The topological polar surface area (TPSA) is 67.4 Å². The van der Waals surface area contributed by atoms with Crippen molar-refractivity contribution in [1.29, 1.82) is 0 Å². The number of nitrogens with one attached hydrogen (secondary N) is 2. The molecule has 0 fully saturated rings.